The van der Waals surface area contributed by atoms with E-state index in [-0.39, 0.29) is 11.4 Å². The van der Waals surface area contributed by atoms with E-state index in [1.54, 1.807) is 49.6 Å². The molecular formula is C24H16F3N5O2. The SMILES string of the molecule is Cn1cc2c(=O)n(-c3ccc(C(F)(F)F)cc3)c3ccc(NC(=O)c4ccccn4)cc3c2n1. The second-order valence-electron chi connectivity index (χ2n) is 7.65. The van der Waals surface area contributed by atoms with Crippen molar-refractivity contribution in [2.45, 2.75) is 6.18 Å². The minimum absolute atomic E-state index is 0.236. The Morgan fingerprint density at radius 2 is 1.76 bits per heavy atom. The predicted octanol–water partition coefficient (Wildman–Crippen LogP) is 4.54. The monoisotopic (exact) mass is 463 g/mol. The first-order valence-electron chi connectivity index (χ1n) is 10.1. The number of aromatic nitrogens is 4. The Morgan fingerprint density at radius 1 is 1.00 bits per heavy atom. The Bertz CT molecular complexity index is 1600. The quantitative estimate of drug-likeness (QED) is 0.426. The molecule has 10 heteroatoms. The van der Waals surface area contributed by atoms with Crippen molar-refractivity contribution < 1.29 is 18.0 Å². The molecule has 0 atom stereocenters. The number of rotatable bonds is 3. The summed E-state index contributed by atoms with van der Waals surface area (Å²) in [5.74, 6) is -0.409. The normalized spacial score (nSPS) is 11.8. The average Bonchev–Trinajstić information content (AvgIpc) is 3.22. The van der Waals surface area contributed by atoms with Crippen LogP contribution in [-0.4, -0.2) is 25.2 Å². The van der Waals surface area contributed by atoms with E-state index in [0.29, 0.717) is 27.5 Å². The molecule has 0 unspecified atom stereocenters. The van der Waals surface area contributed by atoms with E-state index in [1.807, 2.05) is 0 Å². The van der Waals surface area contributed by atoms with Gasteiger partial charge in [-0.05, 0) is 54.6 Å². The van der Waals surface area contributed by atoms with Gasteiger partial charge < -0.3 is 5.32 Å². The first kappa shape index (κ1) is 21.4. The molecule has 0 fully saturated rings. The summed E-state index contributed by atoms with van der Waals surface area (Å²) in [6, 6.07) is 14.2. The third-order valence-electron chi connectivity index (χ3n) is 5.36. The Labute approximate surface area is 190 Å². The fraction of sp³-hybridized carbons (Fsp3) is 0.0833. The number of carbonyl (C=O) groups excluding carboxylic acids is 1. The van der Waals surface area contributed by atoms with Gasteiger partial charge in [0.05, 0.1) is 16.5 Å². The molecule has 1 amide bonds. The molecule has 0 radical (unpaired) electrons. The number of halogens is 3. The Balaban J connectivity index is 1.68. The van der Waals surface area contributed by atoms with Crippen LogP contribution >= 0.6 is 0 Å². The summed E-state index contributed by atoms with van der Waals surface area (Å²) in [5, 5.41) is 8.01. The number of hydrogen-bond acceptors (Lipinski definition) is 4. The number of carbonyl (C=O) groups is 1. The van der Waals surface area contributed by atoms with Gasteiger partial charge in [-0.3, -0.25) is 23.8 Å². The van der Waals surface area contributed by atoms with Crippen molar-refractivity contribution in [3.05, 3.63) is 94.7 Å². The maximum Gasteiger partial charge on any atom is 0.416 e. The van der Waals surface area contributed by atoms with Crippen LogP contribution in [0, 0.1) is 0 Å². The smallest absolute Gasteiger partial charge is 0.321 e. The first-order chi connectivity index (χ1) is 16.2. The molecule has 0 bridgehead atoms. The van der Waals surface area contributed by atoms with Crippen LogP contribution in [0.2, 0.25) is 0 Å². The van der Waals surface area contributed by atoms with Crippen molar-refractivity contribution in [1.82, 2.24) is 19.3 Å². The highest BCUT2D eigenvalue weighted by Gasteiger charge is 2.30. The van der Waals surface area contributed by atoms with Gasteiger partial charge in [0.1, 0.15) is 11.2 Å². The number of pyridine rings is 2. The molecule has 0 aliphatic rings. The summed E-state index contributed by atoms with van der Waals surface area (Å²) >= 11 is 0. The van der Waals surface area contributed by atoms with Crippen molar-refractivity contribution in [3.8, 4) is 5.69 Å². The van der Waals surface area contributed by atoms with Crippen molar-refractivity contribution in [2.75, 3.05) is 5.32 Å². The highest BCUT2D eigenvalue weighted by molar-refractivity contribution is 6.08. The number of alkyl halides is 3. The lowest BCUT2D eigenvalue weighted by molar-refractivity contribution is -0.137. The van der Waals surface area contributed by atoms with Crippen LogP contribution in [0.5, 0.6) is 0 Å². The standard InChI is InChI=1S/C24H16F3N5O2/c1-31-13-18-21(30-31)17-12-15(29-22(33)19-4-2-3-11-28-19)7-10-20(17)32(23(18)34)16-8-5-14(6-9-16)24(25,26)27/h2-13H,1H3,(H,29,33). The summed E-state index contributed by atoms with van der Waals surface area (Å²) in [5.41, 5.74) is 0.592. The second-order valence-corrected chi connectivity index (χ2v) is 7.65. The number of amides is 1. The van der Waals surface area contributed by atoms with Gasteiger partial charge in [0.25, 0.3) is 11.5 Å². The van der Waals surface area contributed by atoms with E-state index in [1.165, 1.54) is 27.6 Å². The summed E-state index contributed by atoms with van der Waals surface area (Å²) in [6.07, 6.45) is -1.42. The van der Waals surface area contributed by atoms with Gasteiger partial charge >= 0.3 is 6.18 Å². The van der Waals surface area contributed by atoms with Crippen molar-refractivity contribution in [1.29, 1.82) is 0 Å². The molecule has 34 heavy (non-hydrogen) atoms. The minimum Gasteiger partial charge on any atom is -0.321 e. The number of nitrogens with one attached hydrogen (secondary N) is 1. The summed E-state index contributed by atoms with van der Waals surface area (Å²) in [6.45, 7) is 0. The van der Waals surface area contributed by atoms with Crippen LogP contribution in [0.1, 0.15) is 16.1 Å². The number of hydrogen-bond donors (Lipinski definition) is 1. The van der Waals surface area contributed by atoms with Crippen LogP contribution in [0.25, 0.3) is 27.5 Å². The van der Waals surface area contributed by atoms with Gasteiger partial charge in [0.15, 0.2) is 0 Å². The summed E-state index contributed by atoms with van der Waals surface area (Å²) < 4.78 is 41.9. The third-order valence-corrected chi connectivity index (χ3v) is 5.36. The molecule has 0 spiro atoms. The van der Waals surface area contributed by atoms with E-state index in [9.17, 15) is 22.8 Å². The maximum atomic E-state index is 13.3. The molecule has 0 saturated heterocycles. The average molecular weight is 463 g/mol. The lowest BCUT2D eigenvalue weighted by Gasteiger charge is -2.14. The molecular weight excluding hydrogens is 447 g/mol. The maximum absolute atomic E-state index is 13.3. The van der Waals surface area contributed by atoms with Crippen LogP contribution < -0.4 is 10.9 Å². The Kier molecular flexibility index (Phi) is 4.93. The fourth-order valence-corrected chi connectivity index (χ4v) is 3.82. The van der Waals surface area contributed by atoms with Gasteiger partial charge in [0, 0.05) is 36.2 Å². The van der Waals surface area contributed by atoms with Gasteiger partial charge in [-0.25, -0.2) is 0 Å². The van der Waals surface area contributed by atoms with E-state index in [4.69, 9.17) is 0 Å². The molecule has 3 heterocycles. The highest BCUT2D eigenvalue weighted by Crippen LogP contribution is 2.31. The zero-order valence-corrected chi connectivity index (χ0v) is 17.7. The van der Waals surface area contributed by atoms with Crippen LogP contribution in [0.4, 0.5) is 18.9 Å². The zero-order valence-electron chi connectivity index (χ0n) is 17.7. The molecule has 5 aromatic rings. The van der Waals surface area contributed by atoms with Crippen LogP contribution in [0.3, 0.4) is 0 Å². The van der Waals surface area contributed by atoms with Gasteiger partial charge in [-0.2, -0.15) is 18.3 Å². The lowest BCUT2D eigenvalue weighted by Crippen LogP contribution is -2.19. The molecule has 0 aliphatic carbocycles. The second kappa shape index (κ2) is 7.84. The van der Waals surface area contributed by atoms with Gasteiger partial charge in [-0.1, -0.05) is 6.07 Å². The zero-order chi connectivity index (χ0) is 24.0. The Morgan fingerprint density at radius 3 is 2.44 bits per heavy atom. The summed E-state index contributed by atoms with van der Waals surface area (Å²) in [7, 11) is 1.67. The predicted molar refractivity (Wildman–Crippen MR) is 121 cm³/mol. The van der Waals surface area contributed by atoms with Gasteiger partial charge in [0.2, 0.25) is 0 Å². The molecule has 3 aromatic heterocycles. The number of benzene rings is 2. The van der Waals surface area contributed by atoms with E-state index in [0.717, 1.165) is 12.1 Å². The van der Waals surface area contributed by atoms with E-state index >= 15 is 0 Å². The molecule has 7 nitrogen and oxygen atoms in total. The first-order valence-corrected chi connectivity index (χ1v) is 10.1. The number of aryl methyl sites for hydroxylation is 1. The number of anilines is 1. The van der Waals surface area contributed by atoms with Crippen molar-refractivity contribution >= 4 is 33.4 Å². The van der Waals surface area contributed by atoms with Crippen molar-refractivity contribution in [2.24, 2.45) is 7.05 Å². The van der Waals surface area contributed by atoms with E-state index < -0.39 is 23.2 Å². The molecule has 0 saturated carbocycles. The number of fused-ring (bicyclic) bond motifs is 3. The van der Waals surface area contributed by atoms with Crippen LogP contribution in [0.15, 0.2) is 77.9 Å². The van der Waals surface area contributed by atoms with Gasteiger partial charge in [-0.15, -0.1) is 0 Å². The minimum atomic E-state index is -4.49. The lowest BCUT2D eigenvalue weighted by atomic mass is 10.1. The van der Waals surface area contributed by atoms with Crippen LogP contribution in [-0.2, 0) is 13.2 Å². The highest BCUT2D eigenvalue weighted by atomic mass is 19.4. The number of nitrogens with zero attached hydrogens (tertiary/aromatic N) is 4. The largest absolute Gasteiger partial charge is 0.416 e. The molecule has 0 aliphatic heterocycles. The third kappa shape index (κ3) is 3.68. The topological polar surface area (TPSA) is 81.8 Å². The molecule has 170 valence electrons. The Hall–Kier alpha value is -4.47. The molecule has 5 rings (SSSR count). The van der Waals surface area contributed by atoms with Crippen molar-refractivity contribution in [3.63, 3.8) is 0 Å². The molecule has 1 N–H and O–H groups in total. The fourth-order valence-electron chi connectivity index (χ4n) is 3.82. The molecule has 2 aromatic carbocycles. The van der Waals surface area contributed by atoms with E-state index in [2.05, 4.69) is 15.4 Å². The summed E-state index contributed by atoms with van der Waals surface area (Å²) in [4.78, 5) is 29.9.